The second-order valence-electron chi connectivity index (χ2n) is 3.87. The number of carboxylic acid groups (broad SMARTS) is 1. The Hall–Kier alpha value is -2.18. The van der Waals surface area contributed by atoms with E-state index < -0.39 is 11.9 Å². The molecule has 7 nitrogen and oxygen atoms in total. The van der Waals surface area contributed by atoms with Gasteiger partial charge in [-0.25, -0.2) is 4.98 Å². The van der Waals surface area contributed by atoms with E-state index in [4.69, 9.17) is 5.11 Å². The summed E-state index contributed by atoms with van der Waals surface area (Å²) in [7, 11) is 0. The van der Waals surface area contributed by atoms with Crippen molar-refractivity contribution < 1.29 is 9.90 Å². The molecule has 1 unspecified atom stereocenters. The first-order valence-corrected chi connectivity index (χ1v) is 5.22. The highest BCUT2D eigenvalue weighted by molar-refractivity contribution is 5.70. The fraction of sp³-hybridized carbons (Fsp3) is 0.400. The van der Waals surface area contributed by atoms with Crippen LogP contribution < -0.4 is 5.32 Å². The van der Waals surface area contributed by atoms with E-state index in [1.54, 1.807) is 17.5 Å². The van der Waals surface area contributed by atoms with Crippen LogP contribution in [-0.4, -0.2) is 37.2 Å². The number of hydrogen-bond donors (Lipinski definition) is 2. The van der Waals surface area contributed by atoms with Crippen LogP contribution in [0.25, 0.3) is 5.78 Å². The minimum atomic E-state index is -0.835. The Kier molecular flexibility index (Phi) is 2.90. The highest BCUT2D eigenvalue weighted by atomic mass is 16.4. The second kappa shape index (κ2) is 4.36. The van der Waals surface area contributed by atoms with Gasteiger partial charge >= 0.3 is 5.97 Å². The van der Waals surface area contributed by atoms with Crippen LogP contribution in [0, 0.1) is 12.8 Å². The number of carboxylic acids is 1. The Balaban J connectivity index is 2.23. The maximum absolute atomic E-state index is 10.7. The maximum atomic E-state index is 10.7. The predicted octanol–water partition coefficient (Wildman–Crippen LogP) is 0.565. The largest absolute Gasteiger partial charge is 0.481 e. The van der Waals surface area contributed by atoms with Gasteiger partial charge in [-0.2, -0.15) is 14.6 Å². The van der Waals surface area contributed by atoms with Crippen molar-refractivity contribution in [1.82, 2.24) is 19.6 Å². The normalized spacial score (nSPS) is 12.6. The van der Waals surface area contributed by atoms with Crippen molar-refractivity contribution >= 4 is 17.6 Å². The van der Waals surface area contributed by atoms with Crippen LogP contribution in [0.5, 0.6) is 0 Å². The lowest BCUT2D eigenvalue weighted by Gasteiger charge is -2.10. The summed E-state index contributed by atoms with van der Waals surface area (Å²) in [6.07, 6.45) is 1.41. The zero-order valence-corrected chi connectivity index (χ0v) is 9.58. The molecule has 2 aromatic rings. The fourth-order valence-electron chi connectivity index (χ4n) is 1.40. The summed E-state index contributed by atoms with van der Waals surface area (Å²) in [6, 6.07) is 1.80. The quantitative estimate of drug-likeness (QED) is 0.804. The molecule has 7 heteroatoms. The zero-order chi connectivity index (χ0) is 12.4. The van der Waals surface area contributed by atoms with Crippen molar-refractivity contribution in [1.29, 1.82) is 0 Å². The van der Waals surface area contributed by atoms with Crippen LogP contribution in [0.2, 0.25) is 0 Å². The van der Waals surface area contributed by atoms with Crippen LogP contribution in [0.15, 0.2) is 12.4 Å². The van der Waals surface area contributed by atoms with Crippen LogP contribution in [-0.2, 0) is 4.79 Å². The number of rotatable bonds is 4. The first kappa shape index (κ1) is 11.3. The van der Waals surface area contributed by atoms with Gasteiger partial charge in [0.1, 0.15) is 12.1 Å². The molecule has 0 aromatic carbocycles. The molecule has 0 fully saturated rings. The Morgan fingerprint density at radius 1 is 1.65 bits per heavy atom. The molecule has 0 aliphatic rings. The van der Waals surface area contributed by atoms with Gasteiger partial charge in [0.25, 0.3) is 5.78 Å². The number of fused-ring (bicyclic) bond motifs is 1. The Morgan fingerprint density at radius 2 is 2.41 bits per heavy atom. The van der Waals surface area contributed by atoms with Gasteiger partial charge in [-0.05, 0) is 6.92 Å². The molecule has 17 heavy (non-hydrogen) atoms. The van der Waals surface area contributed by atoms with Crippen LogP contribution in [0.4, 0.5) is 5.82 Å². The molecule has 0 saturated heterocycles. The average molecular weight is 235 g/mol. The van der Waals surface area contributed by atoms with E-state index >= 15 is 0 Å². The number of carbonyl (C=O) groups is 1. The van der Waals surface area contributed by atoms with E-state index in [1.807, 2.05) is 6.92 Å². The van der Waals surface area contributed by atoms with Crippen molar-refractivity contribution in [3.63, 3.8) is 0 Å². The SMILES string of the molecule is Cc1cc(NCC(C)C(=O)O)n2ncnc2n1. The first-order valence-electron chi connectivity index (χ1n) is 5.22. The molecule has 2 heterocycles. The number of nitrogens with zero attached hydrogens (tertiary/aromatic N) is 4. The van der Waals surface area contributed by atoms with E-state index in [1.165, 1.54) is 6.33 Å². The van der Waals surface area contributed by atoms with Crippen LogP contribution in [0.3, 0.4) is 0 Å². The smallest absolute Gasteiger partial charge is 0.308 e. The summed E-state index contributed by atoms with van der Waals surface area (Å²) in [5, 5.41) is 15.9. The molecule has 90 valence electrons. The molecule has 2 aromatic heterocycles. The highest BCUT2D eigenvalue weighted by Gasteiger charge is 2.12. The third-order valence-corrected chi connectivity index (χ3v) is 2.39. The zero-order valence-electron chi connectivity index (χ0n) is 9.58. The third-order valence-electron chi connectivity index (χ3n) is 2.39. The van der Waals surface area contributed by atoms with Gasteiger partial charge in [0.2, 0.25) is 0 Å². The number of aromatic nitrogens is 4. The van der Waals surface area contributed by atoms with Crippen molar-refractivity contribution in [2.45, 2.75) is 13.8 Å². The first-order chi connectivity index (χ1) is 8.08. The fourth-order valence-corrected chi connectivity index (χ4v) is 1.40. The van der Waals surface area contributed by atoms with E-state index in [0.29, 0.717) is 18.1 Å². The van der Waals surface area contributed by atoms with Crippen LogP contribution >= 0.6 is 0 Å². The van der Waals surface area contributed by atoms with E-state index in [9.17, 15) is 4.79 Å². The summed E-state index contributed by atoms with van der Waals surface area (Å²) in [5.74, 6) is -0.117. The second-order valence-corrected chi connectivity index (χ2v) is 3.87. The molecule has 0 radical (unpaired) electrons. The van der Waals surface area contributed by atoms with E-state index in [2.05, 4.69) is 20.4 Å². The van der Waals surface area contributed by atoms with Gasteiger partial charge in [-0.1, -0.05) is 6.92 Å². The summed E-state index contributed by atoms with van der Waals surface area (Å²) < 4.78 is 1.54. The third kappa shape index (κ3) is 2.32. The summed E-state index contributed by atoms with van der Waals surface area (Å²) in [6.45, 7) is 3.82. The summed E-state index contributed by atoms with van der Waals surface area (Å²) >= 11 is 0. The standard InChI is InChI=1S/C10H13N5O2/c1-6(9(16)17)4-11-8-3-7(2)14-10-12-5-13-15(8)10/h3,5-6,11H,4H2,1-2H3,(H,16,17). The lowest BCUT2D eigenvalue weighted by molar-refractivity contribution is -0.140. The molecule has 0 amide bonds. The monoisotopic (exact) mass is 235 g/mol. The van der Waals surface area contributed by atoms with E-state index in [-0.39, 0.29) is 0 Å². The molecule has 1 atom stereocenters. The summed E-state index contributed by atoms with van der Waals surface area (Å²) in [4.78, 5) is 18.9. The van der Waals surface area contributed by atoms with Gasteiger partial charge < -0.3 is 10.4 Å². The Labute approximate surface area is 97.5 Å². The lowest BCUT2D eigenvalue weighted by Crippen LogP contribution is -2.21. The number of hydrogen-bond acceptors (Lipinski definition) is 5. The molecular weight excluding hydrogens is 222 g/mol. The van der Waals surface area contributed by atoms with Crippen LogP contribution in [0.1, 0.15) is 12.6 Å². The molecule has 0 aliphatic carbocycles. The Morgan fingerprint density at radius 3 is 3.12 bits per heavy atom. The number of aliphatic carboxylic acids is 1. The van der Waals surface area contributed by atoms with Crippen molar-refractivity contribution in [3.8, 4) is 0 Å². The molecule has 0 saturated carbocycles. The van der Waals surface area contributed by atoms with Crippen molar-refractivity contribution in [2.75, 3.05) is 11.9 Å². The highest BCUT2D eigenvalue weighted by Crippen LogP contribution is 2.10. The molecule has 2 N–H and O–H groups in total. The average Bonchev–Trinajstić information content (AvgIpc) is 2.72. The van der Waals surface area contributed by atoms with E-state index in [0.717, 1.165) is 5.69 Å². The maximum Gasteiger partial charge on any atom is 0.308 e. The topological polar surface area (TPSA) is 92.4 Å². The molecular formula is C10H13N5O2. The molecule has 2 rings (SSSR count). The molecule has 0 aliphatic heterocycles. The van der Waals surface area contributed by atoms with Crippen molar-refractivity contribution in [2.24, 2.45) is 5.92 Å². The van der Waals surface area contributed by atoms with Gasteiger partial charge in [-0.3, -0.25) is 4.79 Å². The van der Waals surface area contributed by atoms with Crippen molar-refractivity contribution in [3.05, 3.63) is 18.1 Å². The van der Waals surface area contributed by atoms with Gasteiger partial charge in [0, 0.05) is 18.3 Å². The lowest BCUT2D eigenvalue weighted by atomic mass is 10.2. The number of anilines is 1. The van der Waals surface area contributed by atoms with Gasteiger partial charge in [0.15, 0.2) is 0 Å². The minimum Gasteiger partial charge on any atom is -0.481 e. The molecule has 0 spiro atoms. The van der Waals surface area contributed by atoms with Gasteiger partial charge in [0.05, 0.1) is 5.92 Å². The minimum absolute atomic E-state index is 0.327. The Bertz CT molecular complexity index is 551. The molecule has 0 bridgehead atoms. The number of nitrogens with one attached hydrogen (secondary N) is 1. The predicted molar refractivity (Wildman–Crippen MR) is 60.8 cm³/mol. The number of aryl methyl sites for hydroxylation is 1. The van der Waals surface area contributed by atoms with Gasteiger partial charge in [-0.15, -0.1) is 0 Å². The summed E-state index contributed by atoms with van der Waals surface area (Å²) in [5.41, 5.74) is 0.802.